The van der Waals surface area contributed by atoms with Crippen LogP contribution in [0.2, 0.25) is 0 Å². The number of piperidine rings is 1. The molecule has 1 aromatic heterocycles. The van der Waals surface area contributed by atoms with E-state index in [4.69, 9.17) is 0 Å². The highest BCUT2D eigenvalue weighted by atomic mass is 32.1. The molecular weight excluding hydrogens is 365 g/mol. The van der Waals surface area contributed by atoms with Gasteiger partial charge in [0.25, 0.3) is 0 Å². The molecule has 2 heterocycles. The number of rotatable bonds is 4. The summed E-state index contributed by atoms with van der Waals surface area (Å²) in [6, 6.07) is 4.46. The van der Waals surface area contributed by atoms with Gasteiger partial charge in [0.05, 0.1) is 12.1 Å². The van der Waals surface area contributed by atoms with Crippen molar-refractivity contribution in [2.24, 2.45) is 0 Å². The number of hydrogen-bond acceptors (Lipinski definition) is 5. The number of alkyl halides is 3. The largest absolute Gasteiger partial charge is 0.416 e. The first-order chi connectivity index (χ1) is 12.3. The van der Waals surface area contributed by atoms with E-state index in [2.05, 4.69) is 15.5 Å². The molecule has 0 aliphatic carbocycles. The normalized spacial score (nSPS) is 16.6. The van der Waals surface area contributed by atoms with Crippen LogP contribution in [0.4, 0.5) is 18.9 Å². The van der Waals surface area contributed by atoms with Crippen LogP contribution < -0.4 is 5.32 Å². The molecule has 1 amide bonds. The van der Waals surface area contributed by atoms with Crippen LogP contribution in [-0.2, 0) is 11.0 Å². The first kappa shape index (κ1) is 18.8. The number of aryl methyl sites for hydroxylation is 1. The van der Waals surface area contributed by atoms with E-state index in [1.54, 1.807) is 11.3 Å². The molecule has 1 aliphatic rings. The summed E-state index contributed by atoms with van der Waals surface area (Å²) in [5.74, 6) is 0.158. The standard InChI is InChI=1S/C17H19F3N4OS/c1-11-22-23-16(26-11)12-6-8-24(9-7-12)10-15(25)21-14-4-2-13(3-5-14)17(18,19)20/h2-5,12H,6-10H2,1H3,(H,21,25). The van der Waals surface area contributed by atoms with Crippen LogP contribution in [0, 0.1) is 6.92 Å². The van der Waals surface area contributed by atoms with Crippen LogP contribution >= 0.6 is 11.3 Å². The molecule has 2 aromatic rings. The zero-order valence-electron chi connectivity index (χ0n) is 14.2. The number of nitrogens with zero attached hydrogens (tertiary/aromatic N) is 3. The van der Waals surface area contributed by atoms with E-state index in [9.17, 15) is 18.0 Å². The average molecular weight is 384 g/mol. The highest BCUT2D eigenvalue weighted by molar-refractivity contribution is 7.11. The molecule has 1 saturated heterocycles. The molecule has 0 saturated carbocycles. The third-order valence-corrected chi connectivity index (χ3v) is 5.34. The zero-order chi connectivity index (χ0) is 18.7. The van der Waals surface area contributed by atoms with Gasteiger partial charge in [-0.3, -0.25) is 9.69 Å². The smallest absolute Gasteiger partial charge is 0.325 e. The van der Waals surface area contributed by atoms with Gasteiger partial charge in [0.1, 0.15) is 10.0 Å². The van der Waals surface area contributed by atoms with Gasteiger partial charge in [-0.2, -0.15) is 13.2 Å². The highest BCUT2D eigenvalue weighted by Crippen LogP contribution is 2.31. The number of aromatic nitrogens is 2. The molecule has 0 atom stereocenters. The Hall–Kier alpha value is -2.00. The molecule has 0 unspecified atom stereocenters. The number of hydrogen-bond donors (Lipinski definition) is 1. The number of halogens is 3. The Morgan fingerprint density at radius 2 is 1.88 bits per heavy atom. The van der Waals surface area contributed by atoms with Crippen LogP contribution in [0.25, 0.3) is 0 Å². The Balaban J connectivity index is 1.47. The van der Waals surface area contributed by atoms with E-state index >= 15 is 0 Å². The van der Waals surface area contributed by atoms with Crippen LogP contribution in [0.5, 0.6) is 0 Å². The Kier molecular flexibility index (Phi) is 5.57. The summed E-state index contributed by atoms with van der Waals surface area (Å²) in [5.41, 5.74) is -0.369. The molecule has 1 aromatic carbocycles. The fraction of sp³-hybridized carbons (Fsp3) is 0.471. The number of carbonyl (C=O) groups is 1. The first-order valence-corrected chi connectivity index (χ1v) is 9.12. The van der Waals surface area contributed by atoms with E-state index in [0.717, 1.165) is 48.1 Å². The summed E-state index contributed by atoms with van der Waals surface area (Å²) in [4.78, 5) is 14.2. The number of amides is 1. The molecule has 1 N–H and O–H groups in total. The molecule has 26 heavy (non-hydrogen) atoms. The van der Waals surface area contributed by atoms with E-state index in [-0.39, 0.29) is 12.5 Å². The molecular formula is C17H19F3N4OS. The first-order valence-electron chi connectivity index (χ1n) is 8.31. The van der Waals surface area contributed by atoms with Crippen molar-refractivity contribution in [3.63, 3.8) is 0 Å². The lowest BCUT2D eigenvalue weighted by molar-refractivity contribution is -0.137. The predicted octanol–water partition coefficient (Wildman–Crippen LogP) is 3.68. The van der Waals surface area contributed by atoms with Gasteiger partial charge in [0.2, 0.25) is 5.91 Å². The van der Waals surface area contributed by atoms with Crippen LogP contribution in [0.3, 0.4) is 0 Å². The Morgan fingerprint density at radius 1 is 1.23 bits per heavy atom. The lowest BCUT2D eigenvalue weighted by Gasteiger charge is -2.30. The van der Waals surface area contributed by atoms with Gasteiger partial charge < -0.3 is 5.32 Å². The van der Waals surface area contributed by atoms with Gasteiger partial charge in [0.15, 0.2) is 0 Å². The Labute approximate surface area is 153 Å². The second kappa shape index (κ2) is 7.71. The second-order valence-corrected chi connectivity index (χ2v) is 7.55. The molecule has 0 radical (unpaired) electrons. The summed E-state index contributed by atoms with van der Waals surface area (Å²) < 4.78 is 37.6. The minimum absolute atomic E-state index is 0.225. The SMILES string of the molecule is Cc1nnc(C2CCN(CC(=O)Nc3ccc(C(F)(F)F)cc3)CC2)s1. The summed E-state index contributed by atoms with van der Waals surface area (Å²) in [7, 11) is 0. The minimum atomic E-state index is -4.38. The lowest BCUT2D eigenvalue weighted by Crippen LogP contribution is -2.38. The molecule has 0 spiro atoms. The van der Waals surface area contributed by atoms with Crippen molar-refractivity contribution in [2.45, 2.75) is 31.9 Å². The second-order valence-electron chi connectivity index (χ2n) is 6.33. The quantitative estimate of drug-likeness (QED) is 0.874. The predicted molar refractivity (Wildman–Crippen MR) is 93.1 cm³/mol. The molecule has 3 rings (SSSR count). The highest BCUT2D eigenvalue weighted by Gasteiger charge is 2.30. The van der Waals surface area contributed by atoms with Crippen molar-refractivity contribution in [2.75, 3.05) is 25.0 Å². The number of benzene rings is 1. The summed E-state index contributed by atoms with van der Waals surface area (Å²) in [6.07, 6.45) is -2.54. The van der Waals surface area contributed by atoms with Gasteiger partial charge in [-0.15, -0.1) is 21.5 Å². The van der Waals surface area contributed by atoms with Gasteiger partial charge in [-0.25, -0.2) is 0 Å². The topological polar surface area (TPSA) is 58.1 Å². The Bertz CT molecular complexity index is 752. The van der Waals surface area contributed by atoms with Crippen molar-refractivity contribution < 1.29 is 18.0 Å². The molecule has 0 bridgehead atoms. The Morgan fingerprint density at radius 3 is 2.42 bits per heavy atom. The monoisotopic (exact) mass is 384 g/mol. The summed E-state index contributed by atoms with van der Waals surface area (Å²) in [6.45, 7) is 3.72. The zero-order valence-corrected chi connectivity index (χ0v) is 15.0. The van der Waals surface area contributed by atoms with Gasteiger partial charge in [-0.1, -0.05) is 0 Å². The molecule has 5 nitrogen and oxygen atoms in total. The fourth-order valence-electron chi connectivity index (χ4n) is 2.96. The lowest BCUT2D eigenvalue weighted by atomic mass is 9.98. The van der Waals surface area contributed by atoms with Gasteiger partial charge >= 0.3 is 6.18 Å². The number of nitrogens with one attached hydrogen (secondary N) is 1. The minimum Gasteiger partial charge on any atom is -0.325 e. The van der Waals surface area contributed by atoms with Crippen LogP contribution in [0.1, 0.15) is 34.3 Å². The van der Waals surface area contributed by atoms with Gasteiger partial charge in [-0.05, 0) is 57.1 Å². The molecule has 1 fully saturated rings. The molecule has 140 valence electrons. The van der Waals surface area contributed by atoms with E-state index in [0.29, 0.717) is 11.6 Å². The van der Waals surface area contributed by atoms with E-state index < -0.39 is 11.7 Å². The van der Waals surface area contributed by atoms with Crippen LogP contribution in [0.15, 0.2) is 24.3 Å². The summed E-state index contributed by atoms with van der Waals surface area (Å²) >= 11 is 1.61. The number of likely N-dealkylation sites (tertiary alicyclic amines) is 1. The summed E-state index contributed by atoms with van der Waals surface area (Å²) in [5, 5.41) is 12.9. The third-order valence-electron chi connectivity index (χ3n) is 4.34. The molecule has 9 heteroatoms. The van der Waals surface area contributed by atoms with E-state index in [1.807, 2.05) is 11.8 Å². The fourth-order valence-corrected chi connectivity index (χ4v) is 3.83. The van der Waals surface area contributed by atoms with Crippen molar-refractivity contribution >= 4 is 22.9 Å². The van der Waals surface area contributed by atoms with Crippen LogP contribution in [-0.4, -0.2) is 40.6 Å². The maximum absolute atomic E-state index is 12.5. The van der Waals surface area contributed by atoms with Crippen molar-refractivity contribution in [3.8, 4) is 0 Å². The van der Waals surface area contributed by atoms with Crippen molar-refractivity contribution in [1.82, 2.24) is 15.1 Å². The number of carbonyl (C=O) groups excluding carboxylic acids is 1. The third kappa shape index (κ3) is 4.79. The van der Waals surface area contributed by atoms with E-state index in [1.165, 1.54) is 12.1 Å². The van der Waals surface area contributed by atoms with Crippen molar-refractivity contribution in [3.05, 3.63) is 39.8 Å². The van der Waals surface area contributed by atoms with Crippen molar-refractivity contribution in [1.29, 1.82) is 0 Å². The maximum atomic E-state index is 12.5. The average Bonchev–Trinajstić information content (AvgIpc) is 3.01. The maximum Gasteiger partial charge on any atom is 0.416 e. The van der Waals surface area contributed by atoms with Gasteiger partial charge in [0, 0.05) is 11.6 Å². The molecule has 1 aliphatic heterocycles. The number of anilines is 1.